The van der Waals surface area contributed by atoms with Crippen LogP contribution in [0.15, 0.2) is 9.15 Å². The van der Waals surface area contributed by atoms with E-state index in [1.54, 1.807) is 10.2 Å². The molecule has 68 valence electrons. The Bertz CT molecular complexity index is 223. The molecule has 0 atom stereocenters. The molecule has 0 saturated heterocycles. The van der Waals surface area contributed by atoms with Crippen LogP contribution in [0.2, 0.25) is 0 Å². The molecule has 0 fully saturated rings. The van der Waals surface area contributed by atoms with Crippen molar-refractivity contribution in [2.24, 2.45) is 0 Å². The van der Waals surface area contributed by atoms with Crippen molar-refractivity contribution in [1.82, 2.24) is 3.11 Å². The van der Waals surface area contributed by atoms with Gasteiger partial charge in [-0.15, -0.1) is 0 Å². The first-order chi connectivity index (χ1) is 5.63. The first-order valence-corrected chi connectivity index (χ1v) is 5.98. The third-order valence-electron chi connectivity index (χ3n) is 1.94. The molecule has 0 aromatic heterocycles. The van der Waals surface area contributed by atoms with E-state index in [1.165, 1.54) is 10.0 Å². The van der Waals surface area contributed by atoms with E-state index >= 15 is 0 Å². The third kappa shape index (κ3) is 2.58. The topological polar surface area (TPSA) is 20.3 Å². The van der Waals surface area contributed by atoms with Crippen molar-refractivity contribution in [2.45, 2.75) is 25.7 Å². The number of hydrogen-bond acceptors (Lipinski definition) is 1. The van der Waals surface area contributed by atoms with Gasteiger partial charge in [0, 0.05) is 12.6 Å². The van der Waals surface area contributed by atoms with Gasteiger partial charge in [-0.25, -0.2) is 0 Å². The normalized spacial score (nSPS) is 17.9. The van der Waals surface area contributed by atoms with Crippen molar-refractivity contribution >= 4 is 51.4 Å². The van der Waals surface area contributed by atoms with Crippen LogP contribution in [0, 0.1) is 0 Å². The Hall–Kier alpha value is 0.670. The van der Waals surface area contributed by atoms with E-state index in [9.17, 15) is 4.79 Å². The van der Waals surface area contributed by atoms with Crippen LogP contribution in [-0.4, -0.2) is 16.1 Å². The Kier molecular flexibility index (Phi) is 4.28. The fourth-order valence-electron chi connectivity index (χ4n) is 1.28. The maximum absolute atomic E-state index is 11.6. The van der Waals surface area contributed by atoms with Gasteiger partial charge in [0.25, 0.3) is 5.91 Å². The zero-order valence-electron chi connectivity index (χ0n) is 6.94. The molecule has 1 amide bonds. The standard InChI is InChI=1S/C8H11I2NO/c1-11(10)8(12)6-4-2-3-5-7(6)9/h2-5H2,1H3. The number of carbonyl (C=O) groups is 1. The highest BCUT2D eigenvalue weighted by atomic mass is 127. The van der Waals surface area contributed by atoms with Gasteiger partial charge in [-0.2, -0.15) is 0 Å². The summed E-state index contributed by atoms with van der Waals surface area (Å²) in [5.41, 5.74) is 1.03. The van der Waals surface area contributed by atoms with E-state index in [0.29, 0.717) is 0 Å². The Morgan fingerprint density at radius 1 is 1.42 bits per heavy atom. The van der Waals surface area contributed by atoms with E-state index in [4.69, 9.17) is 0 Å². The van der Waals surface area contributed by atoms with Crippen LogP contribution in [0.5, 0.6) is 0 Å². The maximum atomic E-state index is 11.6. The fraction of sp³-hybridized carbons (Fsp3) is 0.625. The first kappa shape index (κ1) is 10.7. The number of rotatable bonds is 1. The SMILES string of the molecule is CN(I)C(=O)C1=C(I)CCCC1. The molecule has 12 heavy (non-hydrogen) atoms. The summed E-state index contributed by atoms with van der Waals surface area (Å²) in [5, 5.41) is 0. The maximum Gasteiger partial charge on any atom is 0.258 e. The lowest BCUT2D eigenvalue weighted by molar-refractivity contribution is -0.120. The molecular weight excluding hydrogens is 380 g/mol. The van der Waals surface area contributed by atoms with Gasteiger partial charge in [0.15, 0.2) is 0 Å². The summed E-state index contributed by atoms with van der Waals surface area (Å²) in [5.74, 6) is 0.180. The van der Waals surface area contributed by atoms with Crippen molar-refractivity contribution in [3.05, 3.63) is 9.15 Å². The summed E-state index contributed by atoms with van der Waals surface area (Å²) in [6, 6.07) is 0. The zero-order valence-corrected chi connectivity index (χ0v) is 11.3. The molecular formula is C8H11I2NO. The summed E-state index contributed by atoms with van der Waals surface area (Å²) in [4.78, 5) is 11.6. The van der Waals surface area contributed by atoms with Gasteiger partial charge in [0.05, 0.1) is 22.9 Å². The van der Waals surface area contributed by atoms with Gasteiger partial charge < -0.3 is 0 Å². The minimum absolute atomic E-state index is 0.180. The number of amides is 1. The molecule has 2 nitrogen and oxygen atoms in total. The van der Waals surface area contributed by atoms with Crippen molar-refractivity contribution < 1.29 is 4.79 Å². The first-order valence-electron chi connectivity index (χ1n) is 3.94. The van der Waals surface area contributed by atoms with E-state index in [2.05, 4.69) is 22.6 Å². The van der Waals surface area contributed by atoms with Crippen LogP contribution in [0.1, 0.15) is 25.7 Å². The molecule has 0 aromatic rings. The van der Waals surface area contributed by atoms with E-state index in [-0.39, 0.29) is 5.91 Å². The summed E-state index contributed by atoms with van der Waals surface area (Å²) in [7, 11) is 1.80. The second-order valence-electron chi connectivity index (χ2n) is 2.87. The van der Waals surface area contributed by atoms with Crippen LogP contribution in [0.25, 0.3) is 0 Å². The van der Waals surface area contributed by atoms with Crippen LogP contribution < -0.4 is 0 Å². The molecule has 1 aliphatic rings. The van der Waals surface area contributed by atoms with E-state index in [1.807, 2.05) is 22.9 Å². The highest BCUT2D eigenvalue weighted by Crippen LogP contribution is 2.30. The average molecular weight is 391 g/mol. The van der Waals surface area contributed by atoms with Gasteiger partial charge in [0.1, 0.15) is 0 Å². The molecule has 0 aliphatic heterocycles. The lowest BCUT2D eigenvalue weighted by atomic mass is 9.99. The lowest BCUT2D eigenvalue weighted by Gasteiger charge is -2.17. The van der Waals surface area contributed by atoms with Gasteiger partial charge >= 0.3 is 0 Å². The van der Waals surface area contributed by atoms with Crippen LogP contribution in [0.3, 0.4) is 0 Å². The monoisotopic (exact) mass is 391 g/mol. The van der Waals surface area contributed by atoms with Crippen LogP contribution >= 0.6 is 45.5 Å². The molecule has 0 radical (unpaired) electrons. The highest BCUT2D eigenvalue weighted by Gasteiger charge is 2.19. The summed E-state index contributed by atoms with van der Waals surface area (Å²) in [6.45, 7) is 0. The number of likely N-dealkylation sites (N-methyl/N-ethyl adjacent to an activating group) is 1. The smallest absolute Gasteiger partial charge is 0.258 e. The Balaban J connectivity index is 2.78. The molecule has 0 bridgehead atoms. The lowest BCUT2D eigenvalue weighted by Crippen LogP contribution is -2.20. The second-order valence-corrected chi connectivity index (χ2v) is 5.62. The van der Waals surface area contributed by atoms with Gasteiger partial charge in [-0.3, -0.25) is 7.91 Å². The van der Waals surface area contributed by atoms with E-state index in [0.717, 1.165) is 24.8 Å². The largest absolute Gasteiger partial charge is 0.284 e. The predicted molar refractivity (Wildman–Crippen MR) is 66.3 cm³/mol. The Morgan fingerprint density at radius 3 is 2.50 bits per heavy atom. The molecule has 0 heterocycles. The van der Waals surface area contributed by atoms with Crippen molar-refractivity contribution in [3.63, 3.8) is 0 Å². The number of hydrogen-bond donors (Lipinski definition) is 0. The summed E-state index contributed by atoms with van der Waals surface area (Å²) in [6.07, 6.45) is 4.45. The molecule has 0 aromatic carbocycles. The van der Waals surface area contributed by atoms with Crippen molar-refractivity contribution in [2.75, 3.05) is 7.05 Å². The zero-order chi connectivity index (χ0) is 9.14. The summed E-state index contributed by atoms with van der Waals surface area (Å²) < 4.78 is 2.89. The molecule has 0 N–H and O–H groups in total. The predicted octanol–water partition coefficient (Wildman–Crippen LogP) is 3.06. The number of nitrogens with zero attached hydrogens (tertiary/aromatic N) is 1. The van der Waals surface area contributed by atoms with Crippen molar-refractivity contribution in [1.29, 1.82) is 0 Å². The quantitative estimate of drug-likeness (QED) is 0.497. The fourth-order valence-corrected chi connectivity index (χ4v) is 2.45. The Morgan fingerprint density at radius 2 is 2.00 bits per heavy atom. The van der Waals surface area contributed by atoms with Crippen LogP contribution in [-0.2, 0) is 4.79 Å². The van der Waals surface area contributed by atoms with Crippen molar-refractivity contribution in [3.8, 4) is 0 Å². The van der Waals surface area contributed by atoms with Gasteiger partial charge in [-0.05, 0) is 51.9 Å². The van der Waals surface area contributed by atoms with Gasteiger partial charge in [0.2, 0.25) is 0 Å². The molecule has 4 heteroatoms. The number of carbonyl (C=O) groups excluding carboxylic acids is 1. The van der Waals surface area contributed by atoms with Gasteiger partial charge in [-0.1, -0.05) is 0 Å². The average Bonchev–Trinajstić information content (AvgIpc) is 2.04. The minimum Gasteiger partial charge on any atom is -0.284 e. The number of allylic oxidation sites excluding steroid dienone is 1. The summed E-state index contributed by atoms with van der Waals surface area (Å²) >= 11 is 4.32. The van der Waals surface area contributed by atoms with E-state index < -0.39 is 0 Å². The molecule has 1 rings (SSSR count). The number of halogens is 2. The molecule has 0 spiro atoms. The molecule has 0 unspecified atom stereocenters. The second kappa shape index (κ2) is 4.78. The Labute approximate surface area is 100 Å². The molecule has 1 aliphatic carbocycles. The third-order valence-corrected chi connectivity index (χ3v) is 3.57. The minimum atomic E-state index is 0.180. The highest BCUT2D eigenvalue weighted by molar-refractivity contribution is 14.1. The van der Waals surface area contributed by atoms with Crippen LogP contribution in [0.4, 0.5) is 0 Å². The molecule has 0 saturated carbocycles.